The predicted octanol–water partition coefficient (Wildman–Crippen LogP) is 2.67. The largest absolute Gasteiger partial charge is 0.456 e. The number of nitrogen functional groups attached to an aromatic ring is 1. The molecule has 0 bridgehead atoms. The minimum Gasteiger partial charge on any atom is -0.456 e. The second-order valence-corrected chi connectivity index (χ2v) is 4.07. The fourth-order valence-electron chi connectivity index (χ4n) is 1.41. The summed E-state index contributed by atoms with van der Waals surface area (Å²) in [6, 6.07) is 10.1. The average molecular weight is 263 g/mol. The Morgan fingerprint density at radius 1 is 1.33 bits per heavy atom. The molecule has 2 aromatic rings. The molecule has 0 amide bonds. The van der Waals surface area contributed by atoms with Crippen LogP contribution in [0, 0.1) is 0 Å². The molecular formula is C13H11ClN2O2. The van der Waals surface area contributed by atoms with Crippen LogP contribution >= 0.6 is 11.6 Å². The summed E-state index contributed by atoms with van der Waals surface area (Å²) in [5.74, 6) is -0.513. The molecule has 0 saturated heterocycles. The summed E-state index contributed by atoms with van der Waals surface area (Å²) in [5, 5.41) is 0.439. The zero-order valence-electron chi connectivity index (χ0n) is 9.47. The first-order valence-electron chi connectivity index (χ1n) is 5.29. The first-order chi connectivity index (χ1) is 8.66. The van der Waals surface area contributed by atoms with Crippen molar-refractivity contribution in [2.75, 3.05) is 5.73 Å². The quantitative estimate of drug-likeness (QED) is 0.682. The molecule has 0 unspecified atom stereocenters. The summed E-state index contributed by atoms with van der Waals surface area (Å²) in [6.45, 7) is 0.103. The zero-order valence-corrected chi connectivity index (χ0v) is 10.2. The fourth-order valence-corrected chi connectivity index (χ4v) is 1.58. The van der Waals surface area contributed by atoms with Crippen LogP contribution in [0.1, 0.15) is 16.1 Å². The van der Waals surface area contributed by atoms with E-state index in [1.165, 1.54) is 6.07 Å². The third kappa shape index (κ3) is 2.99. The van der Waals surface area contributed by atoms with Crippen molar-refractivity contribution in [1.82, 2.24) is 4.98 Å². The number of esters is 1. The van der Waals surface area contributed by atoms with E-state index >= 15 is 0 Å². The summed E-state index contributed by atoms with van der Waals surface area (Å²) in [5.41, 5.74) is 6.96. The van der Waals surface area contributed by atoms with Gasteiger partial charge in [0.15, 0.2) is 0 Å². The van der Waals surface area contributed by atoms with Crippen molar-refractivity contribution in [2.45, 2.75) is 6.61 Å². The molecule has 1 aromatic heterocycles. The van der Waals surface area contributed by atoms with Gasteiger partial charge in [-0.1, -0.05) is 17.7 Å². The van der Waals surface area contributed by atoms with Gasteiger partial charge in [0.1, 0.15) is 6.61 Å². The molecule has 0 radical (unpaired) electrons. The number of anilines is 1. The van der Waals surface area contributed by atoms with E-state index < -0.39 is 5.97 Å². The normalized spacial score (nSPS) is 10.1. The van der Waals surface area contributed by atoms with Crippen LogP contribution in [-0.4, -0.2) is 11.0 Å². The third-order valence-electron chi connectivity index (χ3n) is 2.31. The molecule has 0 aliphatic carbocycles. The van der Waals surface area contributed by atoms with Gasteiger partial charge in [-0.2, -0.15) is 0 Å². The fraction of sp³-hybridized carbons (Fsp3) is 0.0769. The van der Waals surface area contributed by atoms with Gasteiger partial charge in [0, 0.05) is 16.9 Å². The van der Waals surface area contributed by atoms with E-state index in [2.05, 4.69) is 4.98 Å². The topological polar surface area (TPSA) is 65.2 Å². The molecule has 4 nitrogen and oxygen atoms in total. The molecule has 0 fully saturated rings. The van der Waals surface area contributed by atoms with E-state index in [1.807, 2.05) is 6.07 Å². The van der Waals surface area contributed by atoms with Gasteiger partial charge in [0.25, 0.3) is 0 Å². The summed E-state index contributed by atoms with van der Waals surface area (Å²) in [6.07, 6.45) is 1.64. The number of ether oxygens (including phenoxy) is 1. The van der Waals surface area contributed by atoms with Crippen LogP contribution in [0.2, 0.25) is 5.02 Å². The summed E-state index contributed by atoms with van der Waals surface area (Å²) in [7, 11) is 0. The smallest absolute Gasteiger partial charge is 0.340 e. The molecule has 0 atom stereocenters. The van der Waals surface area contributed by atoms with Crippen LogP contribution < -0.4 is 5.73 Å². The lowest BCUT2D eigenvalue weighted by Crippen LogP contribution is -2.08. The Labute approximate surface area is 109 Å². The molecule has 0 saturated carbocycles. The Kier molecular flexibility index (Phi) is 3.79. The second kappa shape index (κ2) is 5.51. The highest BCUT2D eigenvalue weighted by Gasteiger charge is 2.12. The summed E-state index contributed by atoms with van der Waals surface area (Å²) in [4.78, 5) is 15.9. The van der Waals surface area contributed by atoms with Crippen LogP contribution in [0.3, 0.4) is 0 Å². The highest BCUT2D eigenvalue weighted by atomic mass is 35.5. The van der Waals surface area contributed by atoms with Gasteiger partial charge in [-0.25, -0.2) is 4.79 Å². The van der Waals surface area contributed by atoms with Crippen LogP contribution in [0.15, 0.2) is 42.6 Å². The van der Waals surface area contributed by atoms with Gasteiger partial charge in [0.05, 0.1) is 11.3 Å². The Morgan fingerprint density at radius 2 is 2.17 bits per heavy atom. The van der Waals surface area contributed by atoms with E-state index in [-0.39, 0.29) is 12.2 Å². The molecule has 0 spiro atoms. The molecule has 1 aromatic carbocycles. The Morgan fingerprint density at radius 3 is 2.89 bits per heavy atom. The number of hydrogen-bond acceptors (Lipinski definition) is 4. The molecular weight excluding hydrogens is 252 g/mol. The number of benzene rings is 1. The standard InChI is InChI=1S/C13H11ClN2O2/c14-9-4-5-12(15)11(7-9)13(17)18-8-10-3-1-2-6-16-10/h1-7H,8,15H2. The molecule has 2 rings (SSSR count). The Balaban J connectivity index is 2.06. The Hall–Kier alpha value is -2.07. The van der Waals surface area contributed by atoms with Crippen molar-refractivity contribution in [3.63, 3.8) is 0 Å². The van der Waals surface area contributed by atoms with Crippen molar-refractivity contribution >= 4 is 23.3 Å². The van der Waals surface area contributed by atoms with E-state index in [9.17, 15) is 4.79 Å². The Bertz CT molecular complexity index is 558. The molecule has 5 heteroatoms. The first kappa shape index (κ1) is 12.4. The predicted molar refractivity (Wildman–Crippen MR) is 69.2 cm³/mol. The van der Waals surface area contributed by atoms with Gasteiger partial charge >= 0.3 is 5.97 Å². The minimum atomic E-state index is -0.513. The van der Waals surface area contributed by atoms with Gasteiger partial charge in [-0.3, -0.25) is 4.98 Å². The number of rotatable bonds is 3. The molecule has 2 N–H and O–H groups in total. The van der Waals surface area contributed by atoms with E-state index in [1.54, 1.807) is 30.5 Å². The zero-order chi connectivity index (χ0) is 13.0. The molecule has 0 aliphatic heterocycles. The van der Waals surface area contributed by atoms with Gasteiger partial charge in [-0.05, 0) is 30.3 Å². The first-order valence-corrected chi connectivity index (χ1v) is 5.66. The van der Waals surface area contributed by atoms with E-state index in [0.29, 0.717) is 16.4 Å². The maximum atomic E-state index is 11.8. The number of nitrogens with zero attached hydrogens (tertiary/aromatic N) is 1. The lowest BCUT2D eigenvalue weighted by atomic mass is 10.2. The van der Waals surface area contributed by atoms with E-state index in [0.717, 1.165) is 0 Å². The second-order valence-electron chi connectivity index (χ2n) is 3.63. The number of nitrogens with two attached hydrogens (primary N) is 1. The maximum Gasteiger partial charge on any atom is 0.340 e. The summed E-state index contributed by atoms with van der Waals surface area (Å²) < 4.78 is 5.11. The van der Waals surface area contributed by atoms with E-state index in [4.69, 9.17) is 22.1 Å². The molecule has 18 heavy (non-hydrogen) atoms. The number of pyridine rings is 1. The number of halogens is 1. The minimum absolute atomic E-state index is 0.103. The number of aromatic nitrogens is 1. The van der Waals surface area contributed by atoms with Crippen LogP contribution in [0.4, 0.5) is 5.69 Å². The maximum absolute atomic E-state index is 11.8. The van der Waals surface area contributed by atoms with Gasteiger partial charge in [-0.15, -0.1) is 0 Å². The average Bonchev–Trinajstić information content (AvgIpc) is 2.40. The highest BCUT2D eigenvalue weighted by molar-refractivity contribution is 6.31. The highest BCUT2D eigenvalue weighted by Crippen LogP contribution is 2.19. The van der Waals surface area contributed by atoms with Crippen LogP contribution in [0.5, 0.6) is 0 Å². The number of carbonyl (C=O) groups excluding carboxylic acids is 1. The number of carbonyl (C=O) groups is 1. The van der Waals surface area contributed by atoms with Crippen molar-refractivity contribution < 1.29 is 9.53 Å². The van der Waals surface area contributed by atoms with Crippen molar-refractivity contribution in [2.24, 2.45) is 0 Å². The third-order valence-corrected chi connectivity index (χ3v) is 2.55. The van der Waals surface area contributed by atoms with Crippen molar-refractivity contribution in [3.8, 4) is 0 Å². The number of hydrogen-bond donors (Lipinski definition) is 1. The van der Waals surface area contributed by atoms with Gasteiger partial charge in [0.2, 0.25) is 0 Å². The van der Waals surface area contributed by atoms with Crippen LogP contribution in [-0.2, 0) is 11.3 Å². The lowest BCUT2D eigenvalue weighted by molar-refractivity contribution is 0.0469. The monoisotopic (exact) mass is 262 g/mol. The van der Waals surface area contributed by atoms with Gasteiger partial charge < -0.3 is 10.5 Å². The van der Waals surface area contributed by atoms with Crippen molar-refractivity contribution in [3.05, 3.63) is 58.9 Å². The molecule has 0 aliphatic rings. The SMILES string of the molecule is Nc1ccc(Cl)cc1C(=O)OCc1ccccn1. The van der Waals surface area contributed by atoms with Crippen molar-refractivity contribution in [1.29, 1.82) is 0 Å². The summed E-state index contributed by atoms with van der Waals surface area (Å²) >= 11 is 5.80. The molecule has 92 valence electrons. The molecule has 1 heterocycles. The van der Waals surface area contributed by atoms with Crippen LogP contribution in [0.25, 0.3) is 0 Å². The lowest BCUT2D eigenvalue weighted by Gasteiger charge is -2.06.